The average molecular weight is 583 g/mol. The number of ether oxygens (including phenoxy) is 2. The highest BCUT2D eigenvalue weighted by Crippen LogP contribution is 2.16. The zero-order chi connectivity index (χ0) is 30.2. The highest BCUT2D eigenvalue weighted by atomic mass is 16.6. The molecule has 244 valence electrons. The molecule has 41 heavy (non-hydrogen) atoms. The second-order valence-electron chi connectivity index (χ2n) is 12.6. The minimum atomic E-state index is -0.954. The third-order valence-electron chi connectivity index (χ3n) is 8.38. The van der Waals surface area contributed by atoms with Crippen LogP contribution < -0.4 is 0 Å². The molecule has 2 atom stereocenters. The van der Waals surface area contributed by atoms with Crippen molar-refractivity contribution in [1.82, 2.24) is 0 Å². The summed E-state index contributed by atoms with van der Waals surface area (Å²) in [5.41, 5.74) is 0. The second kappa shape index (κ2) is 31.8. The fourth-order valence-electron chi connectivity index (χ4n) is 5.24. The van der Waals surface area contributed by atoms with Crippen LogP contribution in [-0.2, 0) is 19.1 Å². The van der Waals surface area contributed by atoms with E-state index in [0.29, 0.717) is 12.8 Å². The maximum absolute atomic E-state index is 11.9. The number of aliphatic hydroxyl groups excluding tert-OH is 1. The summed E-state index contributed by atoms with van der Waals surface area (Å²) in [6.07, 6.45) is 31.5. The third kappa shape index (κ3) is 31.7. The van der Waals surface area contributed by atoms with Gasteiger partial charge in [0.15, 0.2) is 0 Å². The van der Waals surface area contributed by atoms with Gasteiger partial charge < -0.3 is 14.6 Å². The lowest BCUT2D eigenvalue weighted by Gasteiger charge is -2.12. The molecule has 1 unspecified atom stereocenters. The van der Waals surface area contributed by atoms with E-state index in [1.54, 1.807) is 0 Å². The highest BCUT2D eigenvalue weighted by Gasteiger charge is 2.12. The number of carbonyl (C=O) groups is 2. The van der Waals surface area contributed by atoms with E-state index in [-0.39, 0.29) is 25.2 Å². The van der Waals surface area contributed by atoms with Gasteiger partial charge in [0.1, 0.15) is 19.3 Å². The Morgan fingerprint density at radius 2 is 0.829 bits per heavy atom. The van der Waals surface area contributed by atoms with Crippen molar-refractivity contribution >= 4 is 11.9 Å². The Morgan fingerprint density at radius 3 is 1.17 bits per heavy atom. The summed E-state index contributed by atoms with van der Waals surface area (Å²) >= 11 is 0. The molecule has 0 spiro atoms. The number of hydrogen-bond acceptors (Lipinski definition) is 5. The number of esters is 2. The molecule has 0 amide bonds. The van der Waals surface area contributed by atoms with Gasteiger partial charge in [-0.1, -0.05) is 168 Å². The molecule has 0 rings (SSSR count). The van der Waals surface area contributed by atoms with Crippen molar-refractivity contribution in [3.63, 3.8) is 0 Å². The lowest BCUT2D eigenvalue weighted by Crippen LogP contribution is -2.25. The minimum Gasteiger partial charge on any atom is -0.463 e. The summed E-state index contributed by atoms with van der Waals surface area (Å²) in [6.45, 7) is 6.65. The van der Waals surface area contributed by atoms with E-state index in [1.165, 1.54) is 128 Å². The van der Waals surface area contributed by atoms with Crippen LogP contribution in [0, 0.1) is 5.92 Å². The maximum Gasteiger partial charge on any atom is 0.305 e. The first-order chi connectivity index (χ1) is 20.0. The summed E-state index contributed by atoms with van der Waals surface area (Å²) in [5.74, 6) is 0.304. The van der Waals surface area contributed by atoms with Gasteiger partial charge in [0.05, 0.1) is 0 Å². The molecule has 0 aromatic rings. The molecule has 0 saturated heterocycles. The van der Waals surface area contributed by atoms with Crippen LogP contribution >= 0.6 is 0 Å². The van der Waals surface area contributed by atoms with Gasteiger partial charge >= 0.3 is 11.9 Å². The van der Waals surface area contributed by atoms with E-state index in [9.17, 15) is 14.7 Å². The van der Waals surface area contributed by atoms with Crippen molar-refractivity contribution in [2.24, 2.45) is 5.92 Å². The summed E-state index contributed by atoms with van der Waals surface area (Å²) < 4.78 is 10.3. The molecular weight excluding hydrogens is 512 g/mol. The predicted octanol–water partition coefficient (Wildman–Crippen LogP) is 10.6. The van der Waals surface area contributed by atoms with Crippen molar-refractivity contribution in [3.05, 3.63) is 0 Å². The van der Waals surface area contributed by atoms with Gasteiger partial charge in [-0.2, -0.15) is 0 Å². The van der Waals surface area contributed by atoms with Gasteiger partial charge in [-0.15, -0.1) is 0 Å². The van der Waals surface area contributed by atoms with Crippen LogP contribution in [0.1, 0.15) is 194 Å². The average Bonchev–Trinajstić information content (AvgIpc) is 2.97. The Hall–Kier alpha value is -1.10. The molecule has 0 aliphatic carbocycles. The Bertz CT molecular complexity index is 564. The third-order valence-corrected chi connectivity index (χ3v) is 8.38. The van der Waals surface area contributed by atoms with E-state index in [0.717, 1.165) is 38.0 Å². The van der Waals surface area contributed by atoms with Crippen LogP contribution in [0.25, 0.3) is 0 Å². The van der Waals surface area contributed by atoms with Crippen LogP contribution in [0.4, 0.5) is 0 Å². The van der Waals surface area contributed by atoms with E-state index < -0.39 is 6.10 Å². The molecule has 5 heteroatoms. The zero-order valence-electron chi connectivity index (χ0n) is 27.7. The van der Waals surface area contributed by atoms with Crippen LogP contribution in [0.15, 0.2) is 0 Å². The van der Waals surface area contributed by atoms with Crippen molar-refractivity contribution in [2.45, 2.75) is 200 Å². The molecule has 0 aliphatic heterocycles. The predicted molar refractivity (Wildman–Crippen MR) is 173 cm³/mol. The first-order valence-electron chi connectivity index (χ1n) is 18.0. The fourth-order valence-corrected chi connectivity index (χ4v) is 5.24. The van der Waals surface area contributed by atoms with Gasteiger partial charge in [0.2, 0.25) is 0 Å². The number of carbonyl (C=O) groups excluding carboxylic acids is 2. The molecule has 0 fully saturated rings. The highest BCUT2D eigenvalue weighted by molar-refractivity contribution is 5.69. The molecule has 1 N–H and O–H groups in total. The Morgan fingerprint density at radius 1 is 0.512 bits per heavy atom. The van der Waals surface area contributed by atoms with Gasteiger partial charge in [-0.3, -0.25) is 9.59 Å². The molecular formula is C36H70O5. The number of hydrogen-bond donors (Lipinski definition) is 1. The van der Waals surface area contributed by atoms with Crippen LogP contribution in [0.5, 0.6) is 0 Å². The summed E-state index contributed by atoms with van der Waals surface area (Å²) in [7, 11) is 0. The van der Waals surface area contributed by atoms with Gasteiger partial charge in [-0.25, -0.2) is 0 Å². The molecule has 0 saturated carbocycles. The fraction of sp³-hybridized carbons (Fsp3) is 0.944. The molecule has 0 aromatic carbocycles. The summed E-state index contributed by atoms with van der Waals surface area (Å²) in [5, 5.41) is 9.97. The zero-order valence-corrected chi connectivity index (χ0v) is 27.7. The standard InChI is InChI=1S/C36H70O5/c1-4-6-7-8-9-10-11-12-13-14-15-16-20-23-26-29-35(38)40-31-34(37)32-41-36(39)30-27-24-21-18-17-19-22-25-28-33(3)5-2/h33-34,37H,4-32H2,1-3H3/t33?,34-/m0/s1. The van der Waals surface area contributed by atoms with Gasteiger partial charge in [0, 0.05) is 12.8 Å². The van der Waals surface area contributed by atoms with Crippen LogP contribution in [0.3, 0.4) is 0 Å². The monoisotopic (exact) mass is 583 g/mol. The maximum atomic E-state index is 11.9. The van der Waals surface area contributed by atoms with E-state index >= 15 is 0 Å². The number of rotatable bonds is 32. The van der Waals surface area contributed by atoms with Crippen molar-refractivity contribution in [3.8, 4) is 0 Å². The van der Waals surface area contributed by atoms with Crippen LogP contribution in [-0.4, -0.2) is 36.4 Å². The topological polar surface area (TPSA) is 72.8 Å². The normalized spacial score (nSPS) is 12.8. The first kappa shape index (κ1) is 39.9. The molecule has 0 radical (unpaired) electrons. The SMILES string of the molecule is CCCCCCCCCCCCCCCCCC(=O)OC[C@H](O)COC(=O)CCCCCCCCCCC(C)CC. The van der Waals surface area contributed by atoms with Crippen molar-refractivity contribution in [2.75, 3.05) is 13.2 Å². The summed E-state index contributed by atoms with van der Waals surface area (Å²) in [4.78, 5) is 23.8. The van der Waals surface area contributed by atoms with E-state index in [1.807, 2.05) is 0 Å². The molecule has 0 aromatic heterocycles. The molecule has 5 nitrogen and oxygen atoms in total. The Kier molecular flexibility index (Phi) is 31.0. The van der Waals surface area contributed by atoms with Crippen molar-refractivity contribution < 1.29 is 24.2 Å². The van der Waals surface area contributed by atoms with Crippen LogP contribution in [0.2, 0.25) is 0 Å². The Labute approximate surface area is 255 Å². The lowest BCUT2D eigenvalue weighted by molar-refractivity contribution is -0.152. The molecule has 0 aliphatic rings. The van der Waals surface area contributed by atoms with E-state index in [2.05, 4.69) is 20.8 Å². The summed E-state index contributed by atoms with van der Waals surface area (Å²) in [6, 6.07) is 0. The molecule has 0 bridgehead atoms. The van der Waals surface area contributed by atoms with E-state index in [4.69, 9.17) is 9.47 Å². The van der Waals surface area contributed by atoms with Crippen molar-refractivity contribution in [1.29, 1.82) is 0 Å². The first-order valence-corrected chi connectivity index (χ1v) is 18.0. The minimum absolute atomic E-state index is 0.109. The number of unbranched alkanes of at least 4 members (excludes halogenated alkanes) is 21. The molecule has 0 heterocycles. The Balaban J connectivity index is 3.41. The largest absolute Gasteiger partial charge is 0.463 e. The lowest BCUT2D eigenvalue weighted by atomic mass is 9.99. The quantitative estimate of drug-likeness (QED) is 0.0631. The number of aliphatic hydroxyl groups is 1. The van der Waals surface area contributed by atoms with Gasteiger partial charge in [-0.05, 0) is 18.8 Å². The smallest absolute Gasteiger partial charge is 0.305 e. The second-order valence-corrected chi connectivity index (χ2v) is 12.6. The van der Waals surface area contributed by atoms with Gasteiger partial charge in [0.25, 0.3) is 0 Å².